The van der Waals surface area contributed by atoms with Crippen LogP contribution in [0.15, 0.2) is 47.2 Å². The minimum absolute atomic E-state index is 0.0960. The number of carbonyl (C=O) groups is 1. The van der Waals surface area contributed by atoms with Crippen molar-refractivity contribution < 1.29 is 9.53 Å². The minimum Gasteiger partial charge on any atom is -0.497 e. The van der Waals surface area contributed by atoms with Crippen LogP contribution in [0.1, 0.15) is 16.1 Å². The number of anilines is 1. The third kappa shape index (κ3) is 2.17. The molecule has 0 atom stereocenters. The summed E-state index contributed by atoms with van der Waals surface area (Å²) in [6.45, 7) is 0.482. The van der Waals surface area contributed by atoms with Gasteiger partial charge in [-0.1, -0.05) is 12.1 Å². The topological polar surface area (TPSA) is 55.3 Å². The van der Waals surface area contributed by atoms with Crippen LogP contribution in [0, 0.1) is 0 Å². The molecule has 0 N–H and O–H groups in total. The van der Waals surface area contributed by atoms with Crippen molar-refractivity contribution in [2.75, 3.05) is 12.0 Å². The van der Waals surface area contributed by atoms with Gasteiger partial charge in [0.25, 0.3) is 5.91 Å². The van der Waals surface area contributed by atoms with E-state index in [1.165, 1.54) is 6.33 Å². The highest BCUT2D eigenvalue weighted by molar-refractivity contribution is 9.10. The summed E-state index contributed by atoms with van der Waals surface area (Å²) < 4.78 is 6.03. The van der Waals surface area contributed by atoms with Crippen LogP contribution in [-0.2, 0) is 6.54 Å². The third-order valence-corrected chi connectivity index (χ3v) is 4.60. The number of hydrogen-bond donors (Lipinski definition) is 0. The van der Waals surface area contributed by atoms with Gasteiger partial charge in [0.05, 0.1) is 30.2 Å². The van der Waals surface area contributed by atoms with E-state index in [9.17, 15) is 4.79 Å². The summed E-state index contributed by atoms with van der Waals surface area (Å²) in [7, 11) is 1.63. The van der Waals surface area contributed by atoms with Crippen LogP contribution in [-0.4, -0.2) is 23.0 Å². The van der Waals surface area contributed by atoms with E-state index in [0.717, 1.165) is 32.4 Å². The summed E-state index contributed by atoms with van der Waals surface area (Å²) in [5.74, 6) is 0.697. The molecule has 6 heteroatoms. The Bertz CT molecular complexity index is 925. The second-order valence-electron chi connectivity index (χ2n) is 5.25. The van der Waals surface area contributed by atoms with Gasteiger partial charge in [0, 0.05) is 4.47 Å². The van der Waals surface area contributed by atoms with E-state index in [1.807, 2.05) is 36.4 Å². The minimum atomic E-state index is -0.0960. The summed E-state index contributed by atoms with van der Waals surface area (Å²) in [5, 5.41) is 0.806. The molecule has 23 heavy (non-hydrogen) atoms. The Labute approximate surface area is 141 Å². The lowest BCUT2D eigenvalue weighted by Crippen LogP contribution is -2.26. The van der Waals surface area contributed by atoms with Crippen molar-refractivity contribution in [3.05, 3.63) is 58.5 Å². The SMILES string of the molecule is COc1ccc(CN2C(=O)c3ncnc4c(Br)ccc2c34)cc1. The molecule has 1 aromatic heterocycles. The van der Waals surface area contributed by atoms with E-state index in [-0.39, 0.29) is 5.91 Å². The maximum absolute atomic E-state index is 12.7. The van der Waals surface area contributed by atoms with Gasteiger partial charge in [-0.25, -0.2) is 9.97 Å². The average molecular weight is 370 g/mol. The second-order valence-corrected chi connectivity index (χ2v) is 6.11. The summed E-state index contributed by atoms with van der Waals surface area (Å²) in [5.41, 5.74) is 3.09. The van der Waals surface area contributed by atoms with Crippen molar-refractivity contribution in [2.45, 2.75) is 6.54 Å². The monoisotopic (exact) mass is 369 g/mol. The number of carbonyl (C=O) groups excluding carboxylic acids is 1. The molecule has 0 saturated carbocycles. The number of ether oxygens (including phenoxy) is 1. The molecule has 4 rings (SSSR count). The number of amides is 1. The molecule has 0 spiro atoms. The number of methoxy groups -OCH3 is 1. The Morgan fingerprint density at radius 3 is 2.65 bits per heavy atom. The highest BCUT2D eigenvalue weighted by Gasteiger charge is 2.32. The molecule has 2 aromatic carbocycles. The molecule has 0 unspecified atom stereocenters. The van der Waals surface area contributed by atoms with E-state index in [0.29, 0.717) is 12.2 Å². The molecular formula is C17H12BrN3O2. The smallest absolute Gasteiger partial charge is 0.278 e. The van der Waals surface area contributed by atoms with Crippen molar-refractivity contribution >= 4 is 38.4 Å². The largest absolute Gasteiger partial charge is 0.497 e. The predicted molar refractivity (Wildman–Crippen MR) is 90.7 cm³/mol. The molecule has 3 aromatic rings. The molecule has 0 saturated heterocycles. The first-order valence-electron chi connectivity index (χ1n) is 7.07. The van der Waals surface area contributed by atoms with Gasteiger partial charge in [-0.3, -0.25) is 4.79 Å². The lowest BCUT2D eigenvalue weighted by molar-refractivity contribution is 0.0987. The zero-order valence-electron chi connectivity index (χ0n) is 12.3. The van der Waals surface area contributed by atoms with Crippen molar-refractivity contribution in [1.82, 2.24) is 9.97 Å². The van der Waals surface area contributed by atoms with Crippen LogP contribution in [0.2, 0.25) is 0 Å². The Morgan fingerprint density at radius 2 is 1.91 bits per heavy atom. The zero-order chi connectivity index (χ0) is 16.0. The standard InChI is InChI=1S/C17H12BrN3O2/c1-23-11-4-2-10(3-5-11)8-21-13-7-6-12(18)15-14(13)16(17(21)22)20-9-19-15/h2-7,9H,8H2,1H3. The highest BCUT2D eigenvalue weighted by atomic mass is 79.9. The van der Waals surface area contributed by atoms with Crippen molar-refractivity contribution in [1.29, 1.82) is 0 Å². The van der Waals surface area contributed by atoms with Gasteiger partial charge in [-0.15, -0.1) is 0 Å². The van der Waals surface area contributed by atoms with Gasteiger partial charge in [0.15, 0.2) is 0 Å². The molecule has 2 heterocycles. The van der Waals surface area contributed by atoms with Crippen LogP contribution in [0.5, 0.6) is 5.75 Å². The Hall–Kier alpha value is -2.47. The number of hydrogen-bond acceptors (Lipinski definition) is 4. The summed E-state index contributed by atoms with van der Waals surface area (Å²) in [4.78, 5) is 22.9. The summed E-state index contributed by atoms with van der Waals surface area (Å²) in [6, 6.07) is 11.5. The highest BCUT2D eigenvalue weighted by Crippen LogP contribution is 2.39. The van der Waals surface area contributed by atoms with Gasteiger partial charge >= 0.3 is 0 Å². The van der Waals surface area contributed by atoms with Gasteiger partial charge in [-0.2, -0.15) is 0 Å². The lowest BCUT2D eigenvalue weighted by Gasteiger charge is -2.17. The summed E-state index contributed by atoms with van der Waals surface area (Å²) >= 11 is 3.48. The first-order valence-corrected chi connectivity index (χ1v) is 7.86. The number of nitrogens with zero attached hydrogens (tertiary/aromatic N) is 3. The van der Waals surface area contributed by atoms with E-state index >= 15 is 0 Å². The van der Waals surface area contributed by atoms with Crippen LogP contribution >= 0.6 is 15.9 Å². The molecule has 0 fully saturated rings. The molecule has 114 valence electrons. The third-order valence-electron chi connectivity index (χ3n) is 3.96. The van der Waals surface area contributed by atoms with Crippen LogP contribution in [0.25, 0.3) is 10.9 Å². The van der Waals surface area contributed by atoms with Crippen molar-refractivity contribution in [3.63, 3.8) is 0 Å². The molecular weight excluding hydrogens is 358 g/mol. The fourth-order valence-electron chi connectivity index (χ4n) is 2.82. The normalized spacial score (nSPS) is 13.0. The van der Waals surface area contributed by atoms with E-state index in [2.05, 4.69) is 25.9 Å². The molecule has 1 amide bonds. The first kappa shape index (κ1) is 14.1. The summed E-state index contributed by atoms with van der Waals surface area (Å²) in [6.07, 6.45) is 1.43. The van der Waals surface area contributed by atoms with E-state index in [4.69, 9.17) is 4.74 Å². The quantitative estimate of drug-likeness (QED) is 0.708. The van der Waals surface area contributed by atoms with Crippen molar-refractivity contribution in [3.8, 4) is 5.75 Å². The van der Waals surface area contributed by atoms with E-state index in [1.54, 1.807) is 12.0 Å². The van der Waals surface area contributed by atoms with Crippen molar-refractivity contribution in [2.24, 2.45) is 0 Å². The maximum atomic E-state index is 12.7. The molecule has 0 bridgehead atoms. The zero-order valence-corrected chi connectivity index (χ0v) is 13.9. The molecule has 1 aliphatic rings. The van der Waals surface area contributed by atoms with Gasteiger partial charge in [-0.05, 0) is 45.8 Å². The molecule has 0 aliphatic carbocycles. The average Bonchev–Trinajstić information content (AvgIpc) is 2.86. The Morgan fingerprint density at radius 1 is 1.13 bits per heavy atom. The number of benzene rings is 2. The second kappa shape index (κ2) is 5.31. The maximum Gasteiger partial charge on any atom is 0.278 e. The first-order chi connectivity index (χ1) is 11.2. The predicted octanol–water partition coefficient (Wildman–Crippen LogP) is 3.56. The number of aromatic nitrogens is 2. The molecule has 0 radical (unpaired) electrons. The fourth-order valence-corrected chi connectivity index (χ4v) is 3.25. The Kier molecular flexibility index (Phi) is 3.27. The van der Waals surface area contributed by atoms with Gasteiger partial charge in [0.1, 0.15) is 17.8 Å². The number of rotatable bonds is 3. The Balaban J connectivity index is 1.77. The van der Waals surface area contributed by atoms with E-state index < -0.39 is 0 Å². The van der Waals surface area contributed by atoms with Gasteiger partial charge in [0.2, 0.25) is 0 Å². The van der Waals surface area contributed by atoms with Crippen LogP contribution in [0.3, 0.4) is 0 Å². The van der Waals surface area contributed by atoms with Crippen LogP contribution in [0.4, 0.5) is 5.69 Å². The number of halogens is 1. The molecule has 1 aliphatic heterocycles. The fraction of sp³-hybridized carbons (Fsp3) is 0.118. The van der Waals surface area contributed by atoms with Crippen LogP contribution < -0.4 is 9.64 Å². The lowest BCUT2D eigenvalue weighted by atomic mass is 10.2. The van der Waals surface area contributed by atoms with Gasteiger partial charge < -0.3 is 9.64 Å². The molecule has 5 nitrogen and oxygen atoms in total.